The first kappa shape index (κ1) is 14.5. The summed E-state index contributed by atoms with van der Waals surface area (Å²) in [4.78, 5) is 19.3. The predicted octanol–water partition coefficient (Wildman–Crippen LogP) is 0.307. The Labute approximate surface area is 87.8 Å². The number of rotatable bonds is 3. The van der Waals surface area contributed by atoms with E-state index in [0.717, 1.165) is 5.56 Å². The van der Waals surface area contributed by atoms with E-state index in [4.69, 9.17) is 15.5 Å². The molecule has 1 aromatic heterocycles. The van der Waals surface area contributed by atoms with Crippen molar-refractivity contribution in [1.29, 1.82) is 0 Å². The molecule has 1 heterocycles. The summed E-state index contributed by atoms with van der Waals surface area (Å²) >= 11 is 0. The second-order valence-corrected chi connectivity index (χ2v) is 4.08. The van der Waals surface area contributed by atoms with Crippen molar-refractivity contribution in [3.8, 4) is 0 Å². The predicted molar refractivity (Wildman–Crippen MR) is 55.7 cm³/mol. The first-order chi connectivity index (χ1) is 7.06. The first-order valence-corrected chi connectivity index (χ1v) is 6.31. The van der Waals surface area contributed by atoms with Crippen LogP contribution in [0.2, 0.25) is 0 Å². The fraction of sp³-hybridized carbons (Fsp3) is 0.167. The van der Waals surface area contributed by atoms with E-state index >= 15 is 0 Å². The van der Waals surface area contributed by atoms with Gasteiger partial charge in [-0.3, -0.25) is 14.1 Å². The van der Waals surface area contributed by atoms with Crippen molar-refractivity contribution in [2.75, 3.05) is 0 Å². The Kier molecular flexibility index (Phi) is 8.41. The van der Waals surface area contributed by atoms with E-state index in [1.54, 1.807) is 12.4 Å². The third-order valence-electron chi connectivity index (χ3n) is 1.13. The van der Waals surface area contributed by atoms with E-state index < -0.39 is 16.5 Å². The van der Waals surface area contributed by atoms with Gasteiger partial charge in [0.1, 0.15) is 0 Å². The van der Waals surface area contributed by atoms with Gasteiger partial charge in [-0.1, -0.05) is 6.07 Å². The Morgan fingerprint density at radius 3 is 2.20 bits per heavy atom. The molecule has 0 aliphatic heterocycles. The van der Waals surface area contributed by atoms with Gasteiger partial charge < -0.3 is 15.5 Å². The van der Waals surface area contributed by atoms with Crippen LogP contribution < -0.4 is 5.73 Å². The van der Waals surface area contributed by atoms with Gasteiger partial charge in [-0.05, 0) is 11.6 Å². The minimum atomic E-state index is -3.20. The molecule has 4 N–H and O–H groups in total. The molecule has 15 heavy (non-hydrogen) atoms. The highest BCUT2D eigenvalue weighted by Crippen LogP contribution is 2.30. The van der Waals surface area contributed by atoms with Crippen molar-refractivity contribution < 1.29 is 23.2 Å². The molecule has 0 amide bonds. The van der Waals surface area contributed by atoms with Crippen molar-refractivity contribution in [1.82, 2.24) is 4.98 Å². The quantitative estimate of drug-likeness (QED) is 0.663. The zero-order chi connectivity index (χ0) is 11.7. The van der Waals surface area contributed by atoms with E-state index in [0.29, 0.717) is 6.54 Å². The smallest absolute Gasteiger partial charge is 0.323 e. The summed E-state index contributed by atoms with van der Waals surface area (Å²) in [6.07, 6.45) is 3.50. The van der Waals surface area contributed by atoms with Gasteiger partial charge in [0, 0.05) is 18.9 Å². The number of aromatic nitrogens is 1. The molecule has 2 atom stereocenters. The summed E-state index contributed by atoms with van der Waals surface area (Å²) in [6.45, 7) is 0.577. The average molecular weight is 254 g/mol. The van der Waals surface area contributed by atoms with Crippen LogP contribution >= 0.6 is 16.5 Å². The van der Waals surface area contributed by atoms with Gasteiger partial charge in [0.2, 0.25) is 0 Å². The number of pyridine rings is 1. The van der Waals surface area contributed by atoms with Gasteiger partial charge in [-0.25, -0.2) is 4.31 Å². The Morgan fingerprint density at radius 1 is 1.40 bits per heavy atom. The fourth-order valence-corrected chi connectivity index (χ4v) is 1.19. The largest absolute Gasteiger partial charge is 0.326 e. The number of nitrogens with zero attached hydrogens (tertiary/aromatic N) is 1. The van der Waals surface area contributed by atoms with Crippen LogP contribution in [0.4, 0.5) is 0 Å². The van der Waals surface area contributed by atoms with Crippen LogP contribution in [-0.2, 0) is 20.0 Å². The third-order valence-corrected chi connectivity index (χ3v) is 2.53. The van der Waals surface area contributed by atoms with Crippen molar-refractivity contribution in [3.63, 3.8) is 0 Å². The second-order valence-electron chi connectivity index (χ2n) is 2.20. The van der Waals surface area contributed by atoms with E-state index in [1.165, 1.54) is 0 Å². The van der Waals surface area contributed by atoms with Crippen LogP contribution in [0.25, 0.3) is 0 Å². The lowest BCUT2D eigenvalue weighted by molar-refractivity contribution is 0.371. The zero-order valence-electron chi connectivity index (χ0n) is 7.66. The van der Waals surface area contributed by atoms with Gasteiger partial charge in [0.25, 0.3) is 0 Å². The minimum Gasteiger partial charge on any atom is -0.326 e. The van der Waals surface area contributed by atoms with Gasteiger partial charge in [-0.15, -0.1) is 0 Å². The molecule has 1 rings (SSSR count). The lowest BCUT2D eigenvalue weighted by atomic mass is 10.3. The maximum Gasteiger partial charge on any atom is 0.323 e. The molecule has 0 bridgehead atoms. The molecule has 0 aliphatic rings. The van der Waals surface area contributed by atoms with Gasteiger partial charge in [0.15, 0.2) is 0 Å². The lowest BCUT2D eigenvalue weighted by Gasteiger charge is -1.89. The minimum absolute atomic E-state index is 0.577. The molecule has 0 saturated carbocycles. The molecule has 1 aromatic rings. The van der Waals surface area contributed by atoms with Crippen LogP contribution in [0.3, 0.4) is 0 Å². The third kappa shape index (κ3) is 9.75. The molecular weight excluding hydrogens is 242 g/mol. The van der Waals surface area contributed by atoms with E-state index in [-0.39, 0.29) is 0 Å². The number of hydrogen-bond donors (Lipinski definition) is 3. The summed E-state index contributed by atoms with van der Waals surface area (Å²) in [5.41, 5.74) is 6.39. The monoisotopic (exact) mass is 254 g/mol. The van der Waals surface area contributed by atoms with Crippen molar-refractivity contribution >= 4 is 16.5 Å². The molecule has 2 unspecified atom stereocenters. The van der Waals surface area contributed by atoms with Crippen LogP contribution in [0, 0.1) is 0 Å². The Bertz CT molecular complexity index is 309. The summed E-state index contributed by atoms with van der Waals surface area (Å²) in [6, 6.07) is 3.83. The summed E-state index contributed by atoms with van der Waals surface area (Å²) < 4.78 is 22.3. The zero-order valence-corrected chi connectivity index (χ0v) is 9.66. The fourth-order valence-electron chi connectivity index (χ4n) is 0.594. The van der Waals surface area contributed by atoms with E-state index in [1.807, 2.05) is 12.1 Å². The Morgan fingerprint density at radius 2 is 2.00 bits per heavy atom. The number of nitrogens with two attached hydrogens (primary N) is 1. The normalized spacial score (nSPS) is 13.5. The SMILES string of the molecule is NCc1cccnc1.O=[PH](O)O[PH](=O)O. The summed E-state index contributed by atoms with van der Waals surface area (Å²) in [7, 11) is -6.40. The van der Waals surface area contributed by atoms with Crippen molar-refractivity contribution in [2.24, 2.45) is 5.73 Å². The van der Waals surface area contributed by atoms with E-state index in [9.17, 15) is 9.13 Å². The van der Waals surface area contributed by atoms with Crippen LogP contribution in [0.5, 0.6) is 0 Å². The molecular formula is C6H12N2O5P2. The molecule has 0 spiro atoms. The molecule has 0 aliphatic carbocycles. The summed E-state index contributed by atoms with van der Waals surface area (Å²) in [5.74, 6) is 0. The Hall–Kier alpha value is -0.550. The van der Waals surface area contributed by atoms with Gasteiger partial charge in [-0.2, -0.15) is 0 Å². The van der Waals surface area contributed by atoms with Crippen LogP contribution in [0.15, 0.2) is 24.5 Å². The maximum atomic E-state index is 9.44. The van der Waals surface area contributed by atoms with Crippen molar-refractivity contribution in [2.45, 2.75) is 6.54 Å². The van der Waals surface area contributed by atoms with E-state index in [2.05, 4.69) is 9.29 Å². The summed E-state index contributed by atoms with van der Waals surface area (Å²) in [5, 5.41) is 0. The topological polar surface area (TPSA) is 123 Å². The molecule has 9 heteroatoms. The highest BCUT2D eigenvalue weighted by molar-refractivity contribution is 7.46. The van der Waals surface area contributed by atoms with Gasteiger partial charge in [0.05, 0.1) is 0 Å². The maximum absolute atomic E-state index is 9.44. The molecule has 0 aromatic carbocycles. The van der Waals surface area contributed by atoms with Crippen LogP contribution in [0.1, 0.15) is 5.56 Å². The first-order valence-electron chi connectivity index (χ1n) is 3.79. The second kappa shape index (κ2) is 8.73. The van der Waals surface area contributed by atoms with Crippen molar-refractivity contribution in [3.05, 3.63) is 30.1 Å². The lowest BCUT2D eigenvalue weighted by Crippen LogP contribution is -1.95. The number of hydrogen-bond acceptors (Lipinski definition) is 5. The highest BCUT2D eigenvalue weighted by atomic mass is 31.2. The van der Waals surface area contributed by atoms with Crippen LogP contribution in [-0.4, -0.2) is 14.8 Å². The molecule has 7 nitrogen and oxygen atoms in total. The standard InChI is InChI=1S/C6H8N2.H4O5P2/c7-4-6-2-1-3-8-5-6;1-6(2)5-7(3)4/h1-3,5H,4,7H2;6-7H,(H,1,2)(H,3,4). The van der Waals surface area contributed by atoms with Gasteiger partial charge >= 0.3 is 16.5 Å². The Balaban J connectivity index is 0.000000265. The average Bonchev–Trinajstić information content (AvgIpc) is 2.18. The highest BCUT2D eigenvalue weighted by Gasteiger charge is 1.93. The molecule has 0 radical (unpaired) electrons. The molecule has 0 fully saturated rings. The molecule has 86 valence electrons. The molecule has 0 saturated heterocycles.